The predicted molar refractivity (Wildman–Crippen MR) is 91.1 cm³/mol. The van der Waals surface area contributed by atoms with Gasteiger partial charge in [-0.1, -0.05) is 23.7 Å². The topological polar surface area (TPSA) is 44.5 Å². The van der Waals surface area contributed by atoms with Crippen molar-refractivity contribution < 1.29 is 9.47 Å². The van der Waals surface area contributed by atoms with Crippen molar-refractivity contribution in [3.8, 4) is 11.5 Å². The lowest BCUT2D eigenvalue weighted by Gasteiger charge is -2.19. The van der Waals surface area contributed by atoms with E-state index in [4.69, 9.17) is 26.8 Å². The van der Waals surface area contributed by atoms with Crippen LogP contribution in [-0.4, -0.2) is 20.3 Å². The summed E-state index contributed by atoms with van der Waals surface area (Å²) in [6, 6.07) is 13.7. The summed E-state index contributed by atoms with van der Waals surface area (Å²) in [5.41, 5.74) is 8.24. The average molecular weight is 320 g/mol. The Morgan fingerprint density at radius 2 is 2.00 bits per heavy atom. The molecular weight excluding hydrogens is 298 g/mol. The lowest BCUT2D eigenvalue weighted by Crippen LogP contribution is -2.16. The second kappa shape index (κ2) is 8.06. The second-order valence-electron chi connectivity index (χ2n) is 5.10. The van der Waals surface area contributed by atoms with Crippen molar-refractivity contribution >= 4 is 11.6 Å². The summed E-state index contributed by atoms with van der Waals surface area (Å²) < 4.78 is 11.0. The zero-order valence-electron chi connectivity index (χ0n) is 13.0. The van der Waals surface area contributed by atoms with E-state index in [1.165, 1.54) is 5.56 Å². The summed E-state index contributed by atoms with van der Waals surface area (Å²) >= 11 is 6.15. The fraction of sp³-hybridized carbons (Fsp3) is 0.333. The smallest absolute Gasteiger partial charge is 0.122 e. The predicted octanol–water partition coefficient (Wildman–Crippen LogP) is 4.03. The van der Waals surface area contributed by atoms with Crippen LogP contribution in [0.5, 0.6) is 11.5 Å². The van der Waals surface area contributed by atoms with Gasteiger partial charge < -0.3 is 15.2 Å². The molecule has 0 aliphatic carbocycles. The van der Waals surface area contributed by atoms with E-state index in [9.17, 15) is 0 Å². The molecule has 2 rings (SSSR count). The summed E-state index contributed by atoms with van der Waals surface area (Å²) in [5, 5.41) is 0.697. The first kappa shape index (κ1) is 16.7. The number of halogens is 1. The van der Waals surface area contributed by atoms with E-state index in [1.54, 1.807) is 7.11 Å². The Labute approximate surface area is 137 Å². The van der Waals surface area contributed by atoms with Crippen molar-refractivity contribution in [2.45, 2.75) is 19.3 Å². The molecule has 1 unspecified atom stereocenters. The Balaban J connectivity index is 2.29. The van der Waals surface area contributed by atoms with Gasteiger partial charge in [-0.3, -0.25) is 0 Å². The standard InChI is InChI=1S/C18H22ClNO2/c1-3-22-18-8-7-15(19)11-17(18)14(12-20)9-13-5-4-6-16(10-13)21-2/h4-8,10-11,14H,3,9,12,20H2,1-2H3. The van der Waals surface area contributed by atoms with Gasteiger partial charge in [0.05, 0.1) is 13.7 Å². The quantitative estimate of drug-likeness (QED) is 0.838. The van der Waals surface area contributed by atoms with E-state index >= 15 is 0 Å². The fourth-order valence-electron chi connectivity index (χ4n) is 2.53. The molecule has 4 heteroatoms. The Morgan fingerprint density at radius 1 is 1.18 bits per heavy atom. The third-order valence-electron chi connectivity index (χ3n) is 3.61. The minimum atomic E-state index is 0.146. The number of benzene rings is 2. The monoisotopic (exact) mass is 319 g/mol. The minimum absolute atomic E-state index is 0.146. The molecular formula is C18H22ClNO2. The van der Waals surface area contributed by atoms with E-state index in [0.717, 1.165) is 23.5 Å². The van der Waals surface area contributed by atoms with Gasteiger partial charge in [0.2, 0.25) is 0 Å². The average Bonchev–Trinajstić information content (AvgIpc) is 2.55. The summed E-state index contributed by atoms with van der Waals surface area (Å²) in [6.45, 7) is 3.11. The highest BCUT2D eigenvalue weighted by Crippen LogP contribution is 2.32. The normalized spacial score (nSPS) is 12.0. The first-order chi connectivity index (χ1) is 10.7. The van der Waals surface area contributed by atoms with Crippen molar-refractivity contribution in [2.24, 2.45) is 5.73 Å². The SMILES string of the molecule is CCOc1ccc(Cl)cc1C(CN)Cc1cccc(OC)c1. The first-order valence-corrected chi connectivity index (χ1v) is 7.81. The van der Waals surface area contributed by atoms with Gasteiger partial charge in [0.1, 0.15) is 11.5 Å². The maximum Gasteiger partial charge on any atom is 0.122 e. The van der Waals surface area contributed by atoms with Gasteiger partial charge in [0.15, 0.2) is 0 Å². The molecule has 0 aliphatic rings. The van der Waals surface area contributed by atoms with E-state index < -0.39 is 0 Å². The van der Waals surface area contributed by atoms with E-state index in [0.29, 0.717) is 18.2 Å². The van der Waals surface area contributed by atoms with Crippen LogP contribution in [0.4, 0.5) is 0 Å². The van der Waals surface area contributed by atoms with Crippen molar-refractivity contribution in [2.75, 3.05) is 20.3 Å². The first-order valence-electron chi connectivity index (χ1n) is 7.43. The molecule has 118 valence electrons. The van der Waals surface area contributed by atoms with Crippen molar-refractivity contribution in [1.29, 1.82) is 0 Å². The summed E-state index contributed by atoms with van der Waals surface area (Å²) in [4.78, 5) is 0. The Hall–Kier alpha value is -1.71. The zero-order chi connectivity index (χ0) is 15.9. The highest BCUT2D eigenvalue weighted by atomic mass is 35.5. The van der Waals surface area contributed by atoms with Gasteiger partial charge >= 0.3 is 0 Å². The largest absolute Gasteiger partial charge is 0.497 e. The van der Waals surface area contributed by atoms with Crippen molar-refractivity contribution in [3.63, 3.8) is 0 Å². The van der Waals surface area contributed by atoms with E-state index in [1.807, 2.05) is 43.3 Å². The van der Waals surface area contributed by atoms with Crippen LogP contribution in [-0.2, 0) is 6.42 Å². The summed E-state index contributed by atoms with van der Waals surface area (Å²) in [7, 11) is 1.67. The van der Waals surface area contributed by atoms with Gasteiger partial charge in [-0.05, 0) is 55.8 Å². The number of hydrogen-bond donors (Lipinski definition) is 1. The van der Waals surface area contributed by atoms with Crippen LogP contribution in [0.15, 0.2) is 42.5 Å². The van der Waals surface area contributed by atoms with Gasteiger partial charge in [-0.25, -0.2) is 0 Å². The van der Waals surface area contributed by atoms with Crippen LogP contribution in [0.1, 0.15) is 24.0 Å². The Morgan fingerprint density at radius 3 is 2.68 bits per heavy atom. The Kier molecular flexibility index (Phi) is 6.10. The molecule has 0 spiro atoms. The third-order valence-corrected chi connectivity index (χ3v) is 3.85. The minimum Gasteiger partial charge on any atom is -0.497 e. The molecule has 0 heterocycles. The number of nitrogens with two attached hydrogens (primary N) is 1. The summed E-state index contributed by atoms with van der Waals surface area (Å²) in [6.07, 6.45) is 0.814. The van der Waals surface area contributed by atoms with Gasteiger partial charge in [0.25, 0.3) is 0 Å². The van der Waals surface area contributed by atoms with E-state index in [-0.39, 0.29) is 5.92 Å². The Bertz CT molecular complexity index is 616. The van der Waals surface area contributed by atoms with Gasteiger partial charge in [-0.2, -0.15) is 0 Å². The molecule has 0 amide bonds. The van der Waals surface area contributed by atoms with Crippen LogP contribution < -0.4 is 15.2 Å². The summed E-state index contributed by atoms with van der Waals surface area (Å²) in [5.74, 6) is 1.85. The molecule has 0 fully saturated rings. The highest BCUT2D eigenvalue weighted by Gasteiger charge is 2.16. The molecule has 3 nitrogen and oxygen atoms in total. The molecule has 0 bridgehead atoms. The molecule has 0 radical (unpaired) electrons. The fourth-order valence-corrected chi connectivity index (χ4v) is 2.71. The molecule has 22 heavy (non-hydrogen) atoms. The molecule has 1 atom stereocenters. The maximum atomic E-state index is 6.15. The molecule has 0 aromatic heterocycles. The molecule has 0 saturated heterocycles. The zero-order valence-corrected chi connectivity index (χ0v) is 13.8. The third kappa shape index (κ3) is 4.15. The molecule has 0 saturated carbocycles. The van der Waals surface area contributed by atoms with Crippen LogP contribution in [0.3, 0.4) is 0 Å². The van der Waals surface area contributed by atoms with Crippen LogP contribution >= 0.6 is 11.6 Å². The maximum absolute atomic E-state index is 6.15. The molecule has 2 aromatic rings. The molecule has 2 aromatic carbocycles. The van der Waals surface area contributed by atoms with Crippen molar-refractivity contribution in [3.05, 3.63) is 58.6 Å². The lowest BCUT2D eigenvalue weighted by molar-refractivity contribution is 0.334. The van der Waals surface area contributed by atoms with Crippen LogP contribution in [0, 0.1) is 0 Å². The molecule has 0 aliphatic heterocycles. The van der Waals surface area contributed by atoms with Crippen LogP contribution in [0.2, 0.25) is 5.02 Å². The highest BCUT2D eigenvalue weighted by molar-refractivity contribution is 6.30. The van der Waals surface area contributed by atoms with Crippen molar-refractivity contribution in [1.82, 2.24) is 0 Å². The van der Waals surface area contributed by atoms with Gasteiger partial charge in [-0.15, -0.1) is 0 Å². The number of ether oxygens (including phenoxy) is 2. The molecule has 2 N–H and O–H groups in total. The van der Waals surface area contributed by atoms with Crippen LogP contribution in [0.25, 0.3) is 0 Å². The van der Waals surface area contributed by atoms with E-state index in [2.05, 4.69) is 6.07 Å². The number of hydrogen-bond acceptors (Lipinski definition) is 3. The number of methoxy groups -OCH3 is 1. The second-order valence-corrected chi connectivity index (χ2v) is 5.54. The lowest BCUT2D eigenvalue weighted by atomic mass is 9.91. The number of rotatable bonds is 7. The van der Waals surface area contributed by atoms with Gasteiger partial charge in [0, 0.05) is 16.5 Å².